The highest BCUT2D eigenvalue weighted by atomic mass is 16.5. The van der Waals surface area contributed by atoms with E-state index in [1.807, 2.05) is 18.7 Å². The first-order valence-electron chi connectivity index (χ1n) is 8.37. The minimum absolute atomic E-state index is 0.0333. The van der Waals surface area contributed by atoms with E-state index in [1.165, 1.54) is 0 Å². The number of likely N-dealkylation sites (tertiary alicyclic amines) is 1. The van der Waals surface area contributed by atoms with Crippen LogP contribution in [0.2, 0.25) is 0 Å². The molecule has 5 heteroatoms. The topological polar surface area (TPSA) is 66.8 Å². The molecule has 132 valence electrons. The minimum Gasteiger partial charge on any atom is -0.481 e. The molecule has 1 atom stereocenters. The summed E-state index contributed by atoms with van der Waals surface area (Å²) in [6.45, 7) is 11.5. The van der Waals surface area contributed by atoms with E-state index < -0.39 is 5.97 Å². The molecule has 0 spiro atoms. The third-order valence-electron chi connectivity index (χ3n) is 5.10. The molecule has 1 heterocycles. The number of carbonyl (C=O) groups excluding carboxylic acids is 1. The molecule has 0 bridgehead atoms. The van der Waals surface area contributed by atoms with Crippen LogP contribution in [-0.4, -0.2) is 41.6 Å². The summed E-state index contributed by atoms with van der Waals surface area (Å²) >= 11 is 0. The van der Waals surface area contributed by atoms with Gasteiger partial charge in [0.15, 0.2) is 6.61 Å². The first-order valence-corrected chi connectivity index (χ1v) is 8.37. The maximum absolute atomic E-state index is 12.9. The number of carboxylic acids is 1. The normalized spacial score (nSPS) is 19.9. The van der Waals surface area contributed by atoms with Crippen LogP contribution in [0, 0.1) is 25.2 Å². The predicted molar refractivity (Wildman–Crippen MR) is 92.5 cm³/mol. The van der Waals surface area contributed by atoms with E-state index in [0.29, 0.717) is 17.2 Å². The van der Waals surface area contributed by atoms with Crippen molar-refractivity contribution in [2.24, 2.45) is 11.3 Å². The Morgan fingerprint density at radius 1 is 1.29 bits per heavy atom. The van der Waals surface area contributed by atoms with E-state index in [4.69, 9.17) is 9.84 Å². The maximum Gasteiger partial charge on any atom is 0.341 e. The van der Waals surface area contributed by atoms with Crippen LogP contribution in [0.15, 0.2) is 12.1 Å². The van der Waals surface area contributed by atoms with E-state index in [2.05, 4.69) is 20.8 Å². The van der Waals surface area contributed by atoms with Gasteiger partial charge in [-0.3, -0.25) is 4.79 Å². The van der Waals surface area contributed by atoms with Gasteiger partial charge < -0.3 is 14.7 Å². The van der Waals surface area contributed by atoms with Gasteiger partial charge in [-0.15, -0.1) is 0 Å². The Labute approximate surface area is 143 Å². The standard InChI is InChI=1S/C19H27NO4/c1-12-8-15(9-13(2)17(12)24-10-16(21)22)18(23)20-7-6-14(3)19(4,5)11-20/h8-9,14H,6-7,10-11H2,1-5H3,(H,21,22). The number of rotatable bonds is 4. The van der Waals surface area contributed by atoms with Gasteiger partial charge in [0.25, 0.3) is 5.91 Å². The fraction of sp³-hybridized carbons (Fsp3) is 0.579. The van der Waals surface area contributed by atoms with Gasteiger partial charge in [0.2, 0.25) is 0 Å². The Hall–Kier alpha value is -2.04. The molecule has 1 amide bonds. The van der Waals surface area contributed by atoms with Crippen molar-refractivity contribution in [3.8, 4) is 5.75 Å². The van der Waals surface area contributed by atoms with Gasteiger partial charge in [-0.1, -0.05) is 20.8 Å². The summed E-state index contributed by atoms with van der Waals surface area (Å²) in [6, 6.07) is 3.58. The Balaban J connectivity index is 2.20. The van der Waals surface area contributed by atoms with Gasteiger partial charge in [-0.05, 0) is 54.9 Å². The molecule has 5 nitrogen and oxygen atoms in total. The molecule has 0 aromatic heterocycles. The third-order valence-corrected chi connectivity index (χ3v) is 5.10. The fourth-order valence-corrected chi connectivity index (χ4v) is 3.26. The van der Waals surface area contributed by atoms with E-state index in [1.54, 1.807) is 12.1 Å². The van der Waals surface area contributed by atoms with E-state index in [9.17, 15) is 9.59 Å². The predicted octanol–water partition coefficient (Wildman–Crippen LogP) is 3.28. The number of hydrogen-bond donors (Lipinski definition) is 1. The number of carboxylic acid groups (broad SMARTS) is 1. The molecule has 0 radical (unpaired) electrons. The van der Waals surface area contributed by atoms with Crippen LogP contribution in [-0.2, 0) is 4.79 Å². The number of benzene rings is 1. The van der Waals surface area contributed by atoms with Crippen molar-refractivity contribution in [3.05, 3.63) is 28.8 Å². The van der Waals surface area contributed by atoms with Gasteiger partial charge in [-0.25, -0.2) is 4.79 Å². The Morgan fingerprint density at radius 3 is 2.38 bits per heavy atom. The van der Waals surface area contributed by atoms with E-state index in [-0.39, 0.29) is 17.9 Å². The highest BCUT2D eigenvalue weighted by Crippen LogP contribution is 2.35. The second kappa shape index (κ2) is 6.83. The van der Waals surface area contributed by atoms with Crippen molar-refractivity contribution in [2.75, 3.05) is 19.7 Å². The van der Waals surface area contributed by atoms with Crippen LogP contribution in [0.25, 0.3) is 0 Å². The zero-order valence-corrected chi connectivity index (χ0v) is 15.2. The van der Waals surface area contributed by atoms with Crippen LogP contribution < -0.4 is 4.74 Å². The summed E-state index contributed by atoms with van der Waals surface area (Å²) in [4.78, 5) is 25.5. The summed E-state index contributed by atoms with van der Waals surface area (Å²) in [7, 11) is 0. The summed E-state index contributed by atoms with van der Waals surface area (Å²) in [5.41, 5.74) is 2.31. The van der Waals surface area contributed by atoms with Crippen molar-refractivity contribution in [1.82, 2.24) is 4.90 Å². The van der Waals surface area contributed by atoms with Crippen molar-refractivity contribution >= 4 is 11.9 Å². The monoisotopic (exact) mass is 333 g/mol. The molecule has 24 heavy (non-hydrogen) atoms. The molecule has 1 unspecified atom stereocenters. The second-order valence-electron chi connectivity index (χ2n) is 7.53. The maximum atomic E-state index is 12.9. The third kappa shape index (κ3) is 3.89. The number of amides is 1. The number of hydrogen-bond acceptors (Lipinski definition) is 3. The van der Waals surface area contributed by atoms with Crippen LogP contribution >= 0.6 is 0 Å². The average molecular weight is 333 g/mol. The number of piperidine rings is 1. The molecule has 1 saturated heterocycles. The van der Waals surface area contributed by atoms with E-state index >= 15 is 0 Å². The lowest BCUT2D eigenvalue weighted by Crippen LogP contribution is -2.47. The zero-order valence-electron chi connectivity index (χ0n) is 15.2. The highest BCUT2D eigenvalue weighted by Gasteiger charge is 2.35. The van der Waals surface area contributed by atoms with Crippen LogP contribution in [0.1, 0.15) is 48.7 Å². The van der Waals surface area contributed by atoms with Gasteiger partial charge in [0.1, 0.15) is 5.75 Å². The lowest BCUT2D eigenvalue weighted by Gasteiger charge is -2.43. The number of nitrogens with zero attached hydrogens (tertiary/aromatic N) is 1. The molecule has 1 aliphatic rings. The van der Waals surface area contributed by atoms with Crippen LogP contribution in [0.5, 0.6) is 5.75 Å². The Morgan fingerprint density at radius 2 is 1.88 bits per heavy atom. The summed E-state index contributed by atoms with van der Waals surface area (Å²) in [6.07, 6.45) is 1.01. The summed E-state index contributed by atoms with van der Waals surface area (Å²) < 4.78 is 5.33. The van der Waals surface area contributed by atoms with Crippen LogP contribution in [0.3, 0.4) is 0 Å². The molecule has 2 rings (SSSR count). The zero-order chi connectivity index (χ0) is 18.1. The molecule has 1 aromatic rings. The van der Waals surface area contributed by atoms with Crippen molar-refractivity contribution in [3.63, 3.8) is 0 Å². The lowest BCUT2D eigenvalue weighted by molar-refractivity contribution is -0.139. The average Bonchev–Trinajstić information content (AvgIpc) is 2.48. The minimum atomic E-state index is -1.02. The molecular weight excluding hydrogens is 306 g/mol. The molecule has 1 aliphatic heterocycles. The fourth-order valence-electron chi connectivity index (χ4n) is 3.26. The SMILES string of the molecule is Cc1cc(C(=O)N2CCC(C)C(C)(C)C2)cc(C)c1OCC(=O)O. The second-order valence-corrected chi connectivity index (χ2v) is 7.53. The van der Waals surface area contributed by atoms with Crippen molar-refractivity contribution in [1.29, 1.82) is 0 Å². The molecule has 0 aliphatic carbocycles. The molecule has 1 N–H and O–H groups in total. The molecule has 1 aromatic carbocycles. The van der Waals surface area contributed by atoms with Gasteiger partial charge in [0, 0.05) is 18.7 Å². The number of carbonyl (C=O) groups is 2. The molecular formula is C19H27NO4. The Bertz CT molecular complexity index is 628. The highest BCUT2D eigenvalue weighted by molar-refractivity contribution is 5.95. The quantitative estimate of drug-likeness (QED) is 0.918. The number of ether oxygens (including phenoxy) is 1. The summed E-state index contributed by atoms with van der Waals surface area (Å²) in [5, 5.41) is 8.75. The van der Waals surface area contributed by atoms with Gasteiger partial charge in [-0.2, -0.15) is 0 Å². The van der Waals surface area contributed by atoms with Crippen LogP contribution in [0.4, 0.5) is 0 Å². The van der Waals surface area contributed by atoms with Gasteiger partial charge in [0.05, 0.1) is 0 Å². The Kier molecular flexibility index (Phi) is 5.21. The first-order chi connectivity index (χ1) is 11.1. The van der Waals surface area contributed by atoms with Gasteiger partial charge >= 0.3 is 5.97 Å². The largest absolute Gasteiger partial charge is 0.481 e. The lowest BCUT2D eigenvalue weighted by atomic mass is 9.75. The van der Waals surface area contributed by atoms with Crippen molar-refractivity contribution < 1.29 is 19.4 Å². The van der Waals surface area contributed by atoms with E-state index in [0.717, 1.165) is 30.6 Å². The number of aryl methyl sites for hydroxylation is 2. The van der Waals surface area contributed by atoms with Crippen molar-refractivity contribution in [2.45, 2.75) is 41.0 Å². The summed E-state index contributed by atoms with van der Waals surface area (Å²) in [5.74, 6) is 0.156. The first kappa shape index (κ1) is 18.3. The molecule has 0 saturated carbocycles. The number of aliphatic carboxylic acids is 1. The smallest absolute Gasteiger partial charge is 0.341 e. The molecule has 1 fully saturated rings.